The Kier molecular flexibility index (Phi) is 1.80. The molecule has 0 saturated heterocycles. The number of hydrogen-bond acceptors (Lipinski definition) is 4. The summed E-state index contributed by atoms with van der Waals surface area (Å²) in [6.07, 6.45) is 3.70. The highest BCUT2D eigenvalue weighted by atomic mass is 15.2. The van der Waals surface area contributed by atoms with Crippen molar-refractivity contribution in [1.82, 2.24) is 14.4 Å². The highest BCUT2D eigenvalue weighted by molar-refractivity contribution is 5.66. The first-order valence-corrected chi connectivity index (χ1v) is 4.37. The van der Waals surface area contributed by atoms with Crippen LogP contribution in [0.5, 0.6) is 0 Å². The molecular weight excluding hydrogens is 178 g/mol. The van der Waals surface area contributed by atoms with Crippen molar-refractivity contribution in [3.05, 3.63) is 18.1 Å². The van der Waals surface area contributed by atoms with Gasteiger partial charge in [-0.25, -0.2) is 9.97 Å². The summed E-state index contributed by atoms with van der Waals surface area (Å²) in [4.78, 5) is 10.5. The molecule has 0 bridgehead atoms. The molecule has 74 valence electrons. The molecule has 0 fully saturated rings. The van der Waals surface area contributed by atoms with Gasteiger partial charge in [0.05, 0.1) is 11.9 Å². The van der Waals surface area contributed by atoms with Crippen LogP contribution in [0.3, 0.4) is 0 Å². The maximum absolute atomic E-state index is 5.69. The molecule has 0 aliphatic carbocycles. The second kappa shape index (κ2) is 2.87. The van der Waals surface area contributed by atoms with Gasteiger partial charge in [-0.1, -0.05) is 0 Å². The predicted molar refractivity (Wildman–Crippen MR) is 56.5 cm³/mol. The molecule has 0 atom stereocenters. The Morgan fingerprint density at radius 2 is 2.00 bits per heavy atom. The van der Waals surface area contributed by atoms with Gasteiger partial charge < -0.3 is 15.0 Å². The van der Waals surface area contributed by atoms with Crippen LogP contribution in [0.25, 0.3) is 5.65 Å². The van der Waals surface area contributed by atoms with E-state index < -0.39 is 0 Å². The number of rotatable bonds is 1. The van der Waals surface area contributed by atoms with Gasteiger partial charge in [-0.05, 0) is 6.92 Å². The molecular formula is C9H13N5. The fraction of sp³-hybridized carbons (Fsp3) is 0.333. The Balaban J connectivity index is 2.79. The normalized spacial score (nSPS) is 10.8. The van der Waals surface area contributed by atoms with Crippen LogP contribution in [0, 0.1) is 6.92 Å². The minimum atomic E-state index is 0.499. The number of nitrogens with zero attached hydrogens (tertiary/aromatic N) is 4. The van der Waals surface area contributed by atoms with Crippen LogP contribution in [0.4, 0.5) is 11.6 Å². The fourth-order valence-corrected chi connectivity index (χ4v) is 1.42. The van der Waals surface area contributed by atoms with Crippen molar-refractivity contribution in [1.29, 1.82) is 0 Å². The maximum Gasteiger partial charge on any atom is 0.180 e. The summed E-state index contributed by atoms with van der Waals surface area (Å²) in [5.41, 5.74) is 7.48. The lowest BCUT2D eigenvalue weighted by Gasteiger charge is -2.12. The van der Waals surface area contributed by atoms with Gasteiger partial charge in [0.15, 0.2) is 11.5 Å². The molecule has 5 nitrogen and oxygen atoms in total. The van der Waals surface area contributed by atoms with Crippen molar-refractivity contribution >= 4 is 17.3 Å². The lowest BCUT2D eigenvalue weighted by molar-refractivity contribution is 1.04. The Labute approximate surface area is 82.2 Å². The molecule has 0 amide bonds. The molecule has 0 unspecified atom stereocenters. The zero-order valence-electron chi connectivity index (χ0n) is 8.52. The van der Waals surface area contributed by atoms with Gasteiger partial charge in [-0.3, -0.25) is 0 Å². The molecule has 2 aromatic rings. The number of aryl methyl sites for hydroxylation is 1. The topological polar surface area (TPSA) is 59.5 Å². The molecule has 14 heavy (non-hydrogen) atoms. The van der Waals surface area contributed by atoms with Crippen LogP contribution < -0.4 is 10.6 Å². The van der Waals surface area contributed by atoms with Gasteiger partial charge in [-0.2, -0.15) is 0 Å². The lowest BCUT2D eigenvalue weighted by Crippen LogP contribution is -2.13. The first-order chi connectivity index (χ1) is 6.58. The fourth-order valence-electron chi connectivity index (χ4n) is 1.42. The van der Waals surface area contributed by atoms with Crippen molar-refractivity contribution in [2.45, 2.75) is 6.92 Å². The SMILES string of the molecule is Cc1cn2cc(N)nc(N(C)C)c2n1. The van der Waals surface area contributed by atoms with Gasteiger partial charge in [0, 0.05) is 20.3 Å². The standard InChI is InChI=1S/C9H13N5/c1-6-4-14-5-7(10)12-8(13(2)3)9(14)11-6/h4-5H,10H2,1-3H3. The zero-order valence-corrected chi connectivity index (χ0v) is 8.52. The molecule has 5 heteroatoms. The lowest BCUT2D eigenvalue weighted by atomic mass is 10.5. The number of hydrogen-bond donors (Lipinski definition) is 1. The van der Waals surface area contributed by atoms with Crippen LogP contribution in [0.1, 0.15) is 5.69 Å². The molecule has 0 aliphatic heterocycles. The van der Waals surface area contributed by atoms with Gasteiger partial charge in [0.25, 0.3) is 0 Å². The molecule has 0 aliphatic rings. The average Bonchev–Trinajstić information content (AvgIpc) is 2.42. The first-order valence-electron chi connectivity index (χ1n) is 4.37. The average molecular weight is 191 g/mol. The quantitative estimate of drug-likeness (QED) is 0.720. The van der Waals surface area contributed by atoms with E-state index >= 15 is 0 Å². The van der Waals surface area contributed by atoms with E-state index in [2.05, 4.69) is 9.97 Å². The Hall–Kier alpha value is -1.78. The van der Waals surface area contributed by atoms with Crippen LogP contribution in [-0.2, 0) is 0 Å². The minimum absolute atomic E-state index is 0.499. The number of aromatic nitrogens is 3. The van der Waals surface area contributed by atoms with Gasteiger partial charge in [0.2, 0.25) is 0 Å². The highest BCUT2D eigenvalue weighted by Gasteiger charge is 2.08. The van der Waals surface area contributed by atoms with Crippen LogP contribution in [-0.4, -0.2) is 28.5 Å². The summed E-state index contributed by atoms with van der Waals surface area (Å²) < 4.78 is 1.90. The molecule has 2 rings (SSSR count). The van der Waals surface area contributed by atoms with Crippen LogP contribution in [0.15, 0.2) is 12.4 Å². The summed E-state index contributed by atoms with van der Waals surface area (Å²) in [5.74, 6) is 1.29. The largest absolute Gasteiger partial charge is 0.382 e. The Morgan fingerprint density at radius 1 is 1.29 bits per heavy atom. The predicted octanol–water partition coefficient (Wildman–Crippen LogP) is 0.686. The molecule has 0 spiro atoms. The second-order valence-electron chi connectivity index (χ2n) is 3.50. The van der Waals surface area contributed by atoms with Crippen LogP contribution >= 0.6 is 0 Å². The third kappa shape index (κ3) is 1.26. The van der Waals surface area contributed by atoms with Gasteiger partial charge >= 0.3 is 0 Å². The summed E-state index contributed by atoms with van der Waals surface area (Å²) in [6, 6.07) is 0. The Bertz CT molecular complexity index is 471. The highest BCUT2D eigenvalue weighted by Crippen LogP contribution is 2.18. The van der Waals surface area contributed by atoms with E-state index in [1.165, 1.54) is 0 Å². The van der Waals surface area contributed by atoms with Gasteiger partial charge in [0.1, 0.15) is 5.82 Å². The smallest absolute Gasteiger partial charge is 0.180 e. The van der Waals surface area contributed by atoms with Crippen molar-refractivity contribution < 1.29 is 0 Å². The number of anilines is 2. The van der Waals surface area contributed by atoms with E-state index in [4.69, 9.17) is 5.73 Å². The van der Waals surface area contributed by atoms with E-state index in [1.54, 1.807) is 6.20 Å². The minimum Gasteiger partial charge on any atom is -0.382 e. The Morgan fingerprint density at radius 3 is 2.64 bits per heavy atom. The second-order valence-corrected chi connectivity index (χ2v) is 3.50. The van der Waals surface area contributed by atoms with Crippen molar-refractivity contribution in [2.75, 3.05) is 24.7 Å². The van der Waals surface area contributed by atoms with E-state index in [-0.39, 0.29) is 0 Å². The third-order valence-electron chi connectivity index (χ3n) is 1.98. The van der Waals surface area contributed by atoms with E-state index in [1.807, 2.05) is 36.5 Å². The van der Waals surface area contributed by atoms with Crippen molar-refractivity contribution in [3.8, 4) is 0 Å². The first kappa shape index (κ1) is 8.80. The van der Waals surface area contributed by atoms with Crippen molar-refractivity contribution in [2.24, 2.45) is 0 Å². The summed E-state index contributed by atoms with van der Waals surface area (Å²) in [5, 5.41) is 0. The molecule has 0 saturated carbocycles. The molecule has 0 aromatic carbocycles. The molecule has 2 aromatic heterocycles. The number of fused-ring (bicyclic) bond motifs is 1. The number of nitrogen functional groups attached to an aromatic ring is 1. The zero-order chi connectivity index (χ0) is 10.3. The van der Waals surface area contributed by atoms with E-state index in [0.717, 1.165) is 17.2 Å². The molecule has 2 N–H and O–H groups in total. The third-order valence-corrected chi connectivity index (χ3v) is 1.98. The van der Waals surface area contributed by atoms with Gasteiger partial charge in [-0.15, -0.1) is 0 Å². The van der Waals surface area contributed by atoms with E-state index in [9.17, 15) is 0 Å². The maximum atomic E-state index is 5.69. The molecule has 0 radical (unpaired) electrons. The summed E-state index contributed by atoms with van der Waals surface area (Å²) in [7, 11) is 3.84. The van der Waals surface area contributed by atoms with E-state index in [0.29, 0.717) is 5.82 Å². The summed E-state index contributed by atoms with van der Waals surface area (Å²) in [6.45, 7) is 1.95. The van der Waals surface area contributed by atoms with Crippen molar-refractivity contribution in [3.63, 3.8) is 0 Å². The number of imidazole rings is 1. The summed E-state index contributed by atoms with van der Waals surface area (Å²) >= 11 is 0. The molecule has 2 heterocycles. The van der Waals surface area contributed by atoms with Crippen LogP contribution in [0.2, 0.25) is 0 Å². The monoisotopic (exact) mass is 191 g/mol. The number of nitrogens with two attached hydrogens (primary N) is 1.